The van der Waals surface area contributed by atoms with E-state index in [0.29, 0.717) is 0 Å². The largest absolute Gasteiger partial charge is 0.478 e. The number of carboxylic acids is 2. The molecule has 0 aromatic heterocycles. The number of nitriles is 1. The summed E-state index contributed by atoms with van der Waals surface area (Å²) in [6.45, 7) is 0. The molecule has 2 aromatic rings. The molecule has 0 fully saturated rings. The van der Waals surface area contributed by atoms with Gasteiger partial charge >= 0.3 is 11.9 Å². The molecule has 0 radical (unpaired) electrons. The maximum Gasteiger partial charge on any atom is 0.336 e. The molecule has 0 aliphatic carbocycles. The van der Waals surface area contributed by atoms with Crippen LogP contribution in [0.3, 0.4) is 0 Å². The first-order valence-corrected chi connectivity index (χ1v) is 4.98. The van der Waals surface area contributed by atoms with Crippen LogP contribution in [0.2, 0.25) is 0 Å². The first-order chi connectivity index (χ1) is 8.56. The monoisotopic (exact) mass is 241 g/mol. The van der Waals surface area contributed by atoms with E-state index < -0.39 is 11.9 Å². The number of carboxylic acid groups (broad SMARTS) is 2. The fourth-order valence-corrected chi connectivity index (χ4v) is 1.86. The van der Waals surface area contributed by atoms with Crippen LogP contribution in [-0.2, 0) is 0 Å². The van der Waals surface area contributed by atoms with E-state index in [4.69, 9.17) is 15.5 Å². The van der Waals surface area contributed by atoms with Gasteiger partial charge in [0.15, 0.2) is 0 Å². The summed E-state index contributed by atoms with van der Waals surface area (Å²) >= 11 is 0. The van der Waals surface area contributed by atoms with Gasteiger partial charge in [-0.25, -0.2) is 9.59 Å². The number of fused-ring (bicyclic) bond motifs is 1. The highest BCUT2D eigenvalue weighted by Crippen LogP contribution is 2.26. The minimum Gasteiger partial charge on any atom is -0.478 e. The van der Waals surface area contributed by atoms with Crippen molar-refractivity contribution in [3.63, 3.8) is 0 Å². The Morgan fingerprint density at radius 3 is 2.22 bits per heavy atom. The molecule has 88 valence electrons. The second kappa shape index (κ2) is 4.18. The summed E-state index contributed by atoms with van der Waals surface area (Å²) in [6.07, 6.45) is 0. The number of nitrogens with zero attached hydrogens (tertiary/aromatic N) is 1. The average Bonchev–Trinajstić information content (AvgIpc) is 2.36. The van der Waals surface area contributed by atoms with E-state index >= 15 is 0 Å². The Morgan fingerprint density at radius 1 is 1.00 bits per heavy atom. The van der Waals surface area contributed by atoms with Gasteiger partial charge in [0.1, 0.15) is 0 Å². The molecule has 0 unspecified atom stereocenters. The lowest BCUT2D eigenvalue weighted by Crippen LogP contribution is -2.03. The fourth-order valence-electron chi connectivity index (χ4n) is 1.86. The maximum absolute atomic E-state index is 11.1. The van der Waals surface area contributed by atoms with Crippen molar-refractivity contribution in [3.05, 3.63) is 47.0 Å². The molecule has 18 heavy (non-hydrogen) atoms. The molecule has 5 heteroatoms. The van der Waals surface area contributed by atoms with Crippen molar-refractivity contribution in [2.24, 2.45) is 0 Å². The summed E-state index contributed by atoms with van der Waals surface area (Å²) in [4.78, 5) is 22.2. The molecule has 2 rings (SSSR count). The highest BCUT2D eigenvalue weighted by molar-refractivity contribution is 6.12. The van der Waals surface area contributed by atoms with Crippen LogP contribution in [0.15, 0.2) is 30.3 Å². The second-order valence-electron chi connectivity index (χ2n) is 3.61. The molecular weight excluding hydrogens is 234 g/mol. The van der Waals surface area contributed by atoms with Gasteiger partial charge in [0.2, 0.25) is 0 Å². The molecule has 5 nitrogen and oxygen atoms in total. The van der Waals surface area contributed by atoms with E-state index in [1.54, 1.807) is 0 Å². The first kappa shape index (κ1) is 11.6. The molecule has 2 aromatic carbocycles. The van der Waals surface area contributed by atoms with Gasteiger partial charge in [0, 0.05) is 5.39 Å². The van der Waals surface area contributed by atoms with Crippen LogP contribution in [0.4, 0.5) is 0 Å². The second-order valence-corrected chi connectivity index (χ2v) is 3.61. The molecule has 0 atom stereocenters. The lowest BCUT2D eigenvalue weighted by molar-refractivity contribution is 0.0686. The molecule has 0 saturated carbocycles. The maximum atomic E-state index is 11.1. The van der Waals surface area contributed by atoms with Crippen LogP contribution in [0.5, 0.6) is 0 Å². The average molecular weight is 241 g/mol. The van der Waals surface area contributed by atoms with E-state index in [1.807, 2.05) is 6.07 Å². The van der Waals surface area contributed by atoms with Gasteiger partial charge in [-0.2, -0.15) is 5.26 Å². The van der Waals surface area contributed by atoms with Crippen molar-refractivity contribution in [3.8, 4) is 6.07 Å². The molecule has 0 heterocycles. The molecule has 0 amide bonds. The molecular formula is C13H7NO4. The molecule has 0 aliphatic heterocycles. The zero-order valence-electron chi connectivity index (χ0n) is 9.04. The SMILES string of the molecule is N#Cc1ccc(C(=O)O)c2cccc(C(=O)O)c12. The molecule has 0 aliphatic rings. The van der Waals surface area contributed by atoms with E-state index in [2.05, 4.69) is 0 Å². The third-order valence-corrected chi connectivity index (χ3v) is 2.62. The summed E-state index contributed by atoms with van der Waals surface area (Å²) in [6, 6.07) is 8.79. The zero-order valence-corrected chi connectivity index (χ0v) is 9.04. The standard InChI is InChI=1S/C13H7NO4/c14-6-7-4-5-9(12(15)16)8-2-1-3-10(11(7)8)13(17)18/h1-5H,(H,15,16)(H,17,18). The highest BCUT2D eigenvalue weighted by Gasteiger charge is 2.16. The normalized spacial score (nSPS) is 9.94. The van der Waals surface area contributed by atoms with E-state index in [0.717, 1.165) is 0 Å². The van der Waals surface area contributed by atoms with Crippen molar-refractivity contribution in [2.45, 2.75) is 0 Å². The van der Waals surface area contributed by atoms with Gasteiger partial charge in [-0.05, 0) is 23.6 Å². The van der Waals surface area contributed by atoms with Crippen molar-refractivity contribution in [1.29, 1.82) is 5.26 Å². The first-order valence-electron chi connectivity index (χ1n) is 4.98. The minimum absolute atomic E-state index is 0.0212. The Morgan fingerprint density at radius 2 is 1.67 bits per heavy atom. The van der Waals surface area contributed by atoms with Crippen LogP contribution < -0.4 is 0 Å². The quantitative estimate of drug-likeness (QED) is 0.838. The Balaban J connectivity index is 3.01. The minimum atomic E-state index is -1.19. The number of rotatable bonds is 2. The predicted octanol–water partition coefficient (Wildman–Crippen LogP) is 2.11. The Kier molecular flexibility index (Phi) is 2.70. The van der Waals surface area contributed by atoms with Gasteiger partial charge in [0.25, 0.3) is 0 Å². The summed E-state index contributed by atoms with van der Waals surface area (Å²) in [7, 11) is 0. The Bertz CT molecular complexity index is 713. The number of hydrogen-bond donors (Lipinski definition) is 2. The zero-order chi connectivity index (χ0) is 13.3. The lowest BCUT2D eigenvalue weighted by Gasteiger charge is -2.07. The van der Waals surface area contributed by atoms with Gasteiger partial charge in [-0.3, -0.25) is 0 Å². The van der Waals surface area contributed by atoms with Crippen molar-refractivity contribution < 1.29 is 19.8 Å². The summed E-state index contributed by atoms with van der Waals surface area (Å²) in [5.74, 6) is -2.35. The number of hydrogen-bond acceptors (Lipinski definition) is 3. The predicted molar refractivity (Wildman–Crippen MR) is 62.6 cm³/mol. The van der Waals surface area contributed by atoms with E-state index in [9.17, 15) is 9.59 Å². The van der Waals surface area contributed by atoms with E-state index in [1.165, 1.54) is 30.3 Å². The fraction of sp³-hybridized carbons (Fsp3) is 0. The molecule has 0 saturated heterocycles. The van der Waals surface area contributed by atoms with Crippen LogP contribution >= 0.6 is 0 Å². The molecule has 2 N–H and O–H groups in total. The van der Waals surface area contributed by atoms with Gasteiger partial charge in [-0.15, -0.1) is 0 Å². The summed E-state index contributed by atoms with van der Waals surface area (Å²) in [5, 5.41) is 27.5. The van der Waals surface area contributed by atoms with Crippen molar-refractivity contribution in [1.82, 2.24) is 0 Å². The Labute approximate surface area is 102 Å². The summed E-state index contributed by atoms with van der Waals surface area (Å²) < 4.78 is 0. The third kappa shape index (κ3) is 1.66. The van der Waals surface area contributed by atoms with Gasteiger partial charge < -0.3 is 10.2 Å². The van der Waals surface area contributed by atoms with Crippen LogP contribution in [0.25, 0.3) is 10.8 Å². The highest BCUT2D eigenvalue weighted by atomic mass is 16.4. The third-order valence-electron chi connectivity index (χ3n) is 2.62. The molecule has 0 bridgehead atoms. The number of aromatic carboxylic acids is 2. The van der Waals surface area contributed by atoms with Crippen LogP contribution in [0.1, 0.15) is 26.3 Å². The lowest BCUT2D eigenvalue weighted by atomic mass is 9.96. The number of benzene rings is 2. The summed E-state index contributed by atoms with van der Waals surface area (Å²) in [5.41, 5.74) is 0.0484. The van der Waals surface area contributed by atoms with Crippen LogP contribution in [0, 0.1) is 11.3 Å². The van der Waals surface area contributed by atoms with Crippen LogP contribution in [-0.4, -0.2) is 22.2 Å². The topological polar surface area (TPSA) is 98.4 Å². The Hall–Kier alpha value is -2.87. The number of carbonyl (C=O) groups is 2. The smallest absolute Gasteiger partial charge is 0.336 e. The van der Waals surface area contributed by atoms with E-state index in [-0.39, 0.29) is 27.5 Å². The van der Waals surface area contributed by atoms with Crippen molar-refractivity contribution >= 4 is 22.7 Å². The van der Waals surface area contributed by atoms with Crippen molar-refractivity contribution in [2.75, 3.05) is 0 Å². The molecule has 0 spiro atoms. The van der Waals surface area contributed by atoms with Gasteiger partial charge in [0.05, 0.1) is 22.8 Å². The van der Waals surface area contributed by atoms with Gasteiger partial charge in [-0.1, -0.05) is 12.1 Å².